The molecule has 5 nitrogen and oxygen atoms in total. The number of aryl methyl sites for hydroxylation is 1. The Bertz CT molecular complexity index is 695. The second-order valence-electron chi connectivity index (χ2n) is 6.91. The smallest absolute Gasteiger partial charge is 0.320 e. The normalized spacial score (nSPS) is 14.8. The van der Waals surface area contributed by atoms with Crippen molar-refractivity contribution >= 4 is 6.03 Å². The van der Waals surface area contributed by atoms with Crippen molar-refractivity contribution < 1.29 is 9.53 Å². The molecule has 3 rings (SSSR count). The van der Waals surface area contributed by atoms with Gasteiger partial charge in [0.05, 0.1) is 0 Å². The first-order chi connectivity index (χ1) is 13.2. The highest BCUT2D eigenvalue weighted by molar-refractivity contribution is 5.74. The molecule has 1 aliphatic heterocycles. The number of piperazine rings is 1. The number of ether oxygens (including phenoxy) is 1. The van der Waals surface area contributed by atoms with Crippen molar-refractivity contribution in [1.29, 1.82) is 0 Å². The summed E-state index contributed by atoms with van der Waals surface area (Å²) in [6, 6.07) is 18.5. The molecule has 0 aliphatic carbocycles. The molecular weight excluding hydrogens is 338 g/mol. The van der Waals surface area contributed by atoms with Gasteiger partial charge in [-0.15, -0.1) is 0 Å². The number of hydrogen-bond acceptors (Lipinski definition) is 3. The van der Waals surface area contributed by atoms with E-state index in [9.17, 15) is 4.79 Å². The Hall–Kier alpha value is -2.53. The molecule has 0 bridgehead atoms. The van der Waals surface area contributed by atoms with Crippen LogP contribution in [0.5, 0.6) is 5.75 Å². The van der Waals surface area contributed by atoms with E-state index in [0.29, 0.717) is 0 Å². The van der Waals surface area contributed by atoms with Gasteiger partial charge in [-0.2, -0.15) is 0 Å². The van der Waals surface area contributed by atoms with Crippen molar-refractivity contribution in [2.75, 3.05) is 32.9 Å². The predicted octanol–water partition coefficient (Wildman–Crippen LogP) is 3.50. The van der Waals surface area contributed by atoms with Crippen LogP contribution in [0, 0.1) is 0 Å². The Kier molecular flexibility index (Phi) is 7.11. The standard InChI is InChI=1S/C22H29N3O2/c1-2-6-19-9-11-21(12-10-19)27-18-23-22(26)25-15-13-24(14-16-25)17-20-7-4-3-5-8-20/h3-5,7-12H,2,6,13-18H2,1H3,(H,23,26). The number of urea groups is 1. The van der Waals surface area contributed by atoms with E-state index in [1.807, 2.05) is 23.1 Å². The van der Waals surface area contributed by atoms with Crippen LogP contribution in [0.25, 0.3) is 0 Å². The average molecular weight is 367 g/mol. The highest BCUT2D eigenvalue weighted by atomic mass is 16.5. The number of carbonyl (C=O) groups is 1. The SMILES string of the molecule is CCCc1ccc(OCNC(=O)N2CCN(Cc3ccccc3)CC2)cc1. The molecule has 27 heavy (non-hydrogen) atoms. The third kappa shape index (κ3) is 6.00. The van der Waals surface area contributed by atoms with Crippen molar-refractivity contribution in [3.63, 3.8) is 0 Å². The first-order valence-corrected chi connectivity index (χ1v) is 9.75. The third-order valence-electron chi connectivity index (χ3n) is 4.83. The summed E-state index contributed by atoms with van der Waals surface area (Å²) in [6.45, 7) is 6.56. The summed E-state index contributed by atoms with van der Waals surface area (Å²) in [5, 5.41) is 2.85. The van der Waals surface area contributed by atoms with E-state index in [1.54, 1.807) is 0 Å². The summed E-state index contributed by atoms with van der Waals surface area (Å²) in [7, 11) is 0. The van der Waals surface area contributed by atoms with Crippen LogP contribution in [0.3, 0.4) is 0 Å². The molecule has 0 unspecified atom stereocenters. The highest BCUT2D eigenvalue weighted by Gasteiger charge is 2.20. The predicted molar refractivity (Wildman–Crippen MR) is 108 cm³/mol. The van der Waals surface area contributed by atoms with Gasteiger partial charge in [0.15, 0.2) is 6.73 Å². The molecule has 1 heterocycles. The first kappa shape index (κ1) is 19.2. The summed E-state index contributed by atoms with van der Waals surface area (Å²) in [5.41, 5.74) is 2.62. The van der Waals surface area contributed by atoms with Gasteiger partial charge in [0.25, 0.3) is 0 Å². The monoisotopic (exact) mass is 367 g/mol. The fourth-order valence-corrected chi connectivity index (χ4v) is 3.28. The molecule has 1 fully saturated rings. The molecule has 2 amide bonds. The number of benzene rings is 2. The summed E-state index contributed by atoms with van der Waals surface area (Å²) < 4.78 is 5.63. The van der Waals surface area contributed by atoms with Gasteiger partial charge >= 0.3 is 6.03 Å². The van der Waals surface area contributed by atoms with Crippen LogP contribution in [0.4, 0.5) is 4.79 Å². The van der Waals surface area contributed by atoms with Crippen LogP contribution in [-0.4, -0.2) is 48.7 Å². The quantitative estimate of drug-likeness (QED) is 0.762. The van der Waals surface area contributed by atoms with Crippen LogP contribution in [0.1, 0.15) is 24.5 Å². The van der Waals surface area contributed by atoms with Gasteiger partial charge in [-0.3, -0.25) is 4.90 Å². The maximum Gasteiger partial charge on any atom is 0.320 e. The van der Waals surface area contributed by atoms with Crippen LogP contribution in [0.2, 0.25) is 0 Å². The van der Waals surface area contributed by atoms with E-state index in [1.165, 1.54) is 11.1 Å². The zero-order valence-corrected chi connectivity index (χ0v) is 16.1. The van der Waals surface area contributed by atoms with E-state index >= 15 is 0 Å². The van der Waals surface area contributed by atoms with Gasteiger partial charge in [-0.25, -0.2) is 4.79 Å². The lowest BCUT2D eigenvalue weighted by Gasteiger charge is -2.34. The molecule has 0 spiro atoms. The molecule has 2 aromatic rings. The van der Waals surface area contributed by atoms with Gasteiger partial charge in [0.2, 0.25) is 0 Å². The summed E-state index contributed by atoms with van der Waals surface area (Å²) in [4.78, 5) is 16.5. The zero-order chi connectivity index (χ0) is 18.9. The van der Waals surface area contributed by atoms with Crippen LogP contribution in [-0.2, 0) is 13.0 Å². The molecule has 5 heteroatoms. The minimum atomic E-state index is -0.0584. The molecule has 144 valence electrons. The van der Waals surface area contributed by atoms with E-state index in [2.05, 4.69) is 53.5 Å². The highest BCUT2D eigenvalue weighted by Crippen LogP contribution is 2.13. The second-order valence-corrected chi connectivity index (χ2v) is 6.91. The summed E-state index contributed by atoms with van der Waals surface area (Å²) in [6.07, 6.45) is 2.21. The molecule has 0 atom stereocenters. The van der Waals surface area contributed by atoms with Gasteiger partial charge in [-0.05, 0) is 29.7 Å². The lowest BCUT2D eigenvalue weighted by atomic mass is 10.1. The molecule has 0 aromatic heterocycles. The minimum Gasteiger partial charge on any atom is -0.473 e. The topological polar surface area (TPSA) is 44.8 Å². The summed E-state index contributed by atoms with van der Waals surface area (Å²) >= 11 is 0. The number of nitrogens with one attached hydrogen (secondary N) is 1. The van der Waals surface area contributed by atoms with Crippen molar-refractivity contribution in [3.8, 4) is 5.75 Å². The van der Waals surface area contributed by atoms with E-state index in [4.69, 9.17) is 4.74 Å². The van der Waals surface area contributed by atoms with E-state index in [-0.39, 0.29) is 12.8 Å². The summed E-state index contributed by atoms with van der Waals surface area (Å²) in [5.74, 6) is 0.780. The Morgan fingerprint density at radius 2 is 1.67 bits per heavy atom. The molecule has 0 radical (unpaired) electrons. The average Bonchev–Trinajstić information content (AvgIpc) is 2.71. The molecule has 1 saturated heterocycles. The van der Waals surface area contributed by atoms with Crippen molar-refractivity contribution in [2.24, 2.45) is 0 Å². The molecule has 0 saturated carbocycles. The van der Waals surface area contributed by atoms with Crippen LogP contribution < -0.4 is 10.1 Å². The number of rotatable bonds is 7. The molecule has 1 aliphatic rings. The lowest BCUT2D eigenvalue weighted by Crippen LogP contribution is -2.51. The van der Waals surface area contributed by atoms with Crippen LogP contribution in [0.15, 0.2) is 54.6 Å². The Morgan fingerprint density at radius 3 is 2.33 bits per heavy atom. The minimum absolute atomic E-state index is 0.0584. The number of hydrogen-bond donors (Lipinski definition) is 1. The Morgan fingerprint density at radius 1 is 0.963 bits per heavy atom. The number of amides is 2. The van der Waals surface area contributed by atoms with Crippen molar-refractivity contribution in [1.82, 2.24) is 15.1 Å². The largest absolute Gasteiger partial charge is 0.473 e. The second kappa shape index (κ2) is 9.97. The molecular formula is C22H29N3O2. The fraction of sp³-hybridized carbons (Fsp3) is 0.409. The van der Waals surface area contributed by atoms with E-state index in [0.717, 1.165) is 51.3 Å². The van der Waals surface area contributed by atoms with Crippen molar-refractivity contribution in [3.05, 3.63) is 65.7 Å². The number of nitrogens with zero attached hydrogens (tertiary/aromatic N) is 2. The van der Waals surface area contributed by atoms with Gasteiger partial charge in [-0.1, -0.05) is 55.8 Å². The van der Waals surface area contributed by atoms with Gasteiger partial charge < -0.3 is 15.0 Å². The zero-order valence-electron chi connectivity index (χ0n) is 16.1. The first-order valence-electron chi connectivity index (χ1n) is 9.75. The number of carbonyl (C=O) groups excluding carboxylic acids is 1. The fourth-order valence-electron chi connectivity index (χ4n) is 3.28. The van der Waals surface area contributed by atoms with E-state index < -0.39 is 0 Å². The maximum absolute atomic E-state index is 12.3. The molecule has 2 aromatic carbocycles. The maximum atomic E-state index is 12.3. The Labute approximate surface area is 161 Å². The lowest BCUT2D eigenvalue weighted by molar-refractivity contribution is 0.130. The molecule has 1 N–H and O–H groups in total. The van der Waals surface area contributed by atoms with Crippen LogP contribution >= 0.6 is 0 Å². The third-order valence-corrected chi connectivity index (χ3v) is 4.83. The van der Waals surface area contributed by atoms with Crippen molar-refractivity contribution in [2.45, 2.75) is 26.3 Å². The van der Waals surface area contributed by atoms with Gasteiger partial charge in [0, 0.05) is 32.7 Å². The Balaban J connectivity index is 1.35. The van der Waals surface area contributed by atoms with Gasteiger partial charge in [0.1, 0.15) is 5.75 Å².